The molecule has 1 aliphatic rings. The second-order valence-electron chi connectivity index (χ2n) is 4.09. The molecule has 4 heteroatoms. The maximum atomic E-state index is 4.54. The Morgan fingerprint density at radius 2 is 2.27 bits per heavy atom. The summed E-state index contributed by atoms with van der Waals surface area (Å²) in [4.78, 5) is 8.62. The lowest BCUT2D eigenvalue weighted by molar-refractivity contribution is 0.399. The molecule has 81 valence electrons. The molecule has 1 unspecified atom stereocenters. The minimum absolute atomic E-state index is 0.0481. The second-order valence-corrected chi connectivity index (χ2v) is 5.51. The Labute approximate surface area is 95.1 Å². The zero-order valence-electron chi connectivity index (χ0n) is 9.18. The largest absolute Gasteiger partial charge is 0.261 e. The van der Waals surface area contributed by atoms with Crippen LogP contribution in [0.2, 0.25) is 0 Å². The molecule has 1 aromatic heterocycles. The van der Waals surface area contributed by atoms with E-state index in [0.29, 0.717) is 5.92 Å². The van der Waals surface area contributed by atoms with E-state index >= 15 is 0 Å². The van der Waals surface area contributed by atoms with Crippen molar-refractivity contribution >= 4 is 11.8 Å². The Hall–Kier alpha value is -0.610. The molecule has 15 heavy (non-hydrogen) atoms. The van der Waals surface area contributed by atoms with E-state index in [-0.39, 0.29) is 4.75 Å². The number of nitrogens with zero attached hydrogens (tertiary/aromatic N) is 3. The molecule has 2 heterocycles. The number of hydrogen-bond acceptors (Lipinski definition) is 3. The third-order valence-corrected chi connectivity index (χ3v) is 4.60. The fraction of sp³-hybridized carbons (Fsp3) is 0.636. The molecule has 0 N–H and O–H groups in total. The first-order chi connectivity index (χ1) is 7.26. The highest BCUT2D eigenvalue weighted by Crippen LogP contribution is 2.43. The molecule has 1 aromatic rings. The molecule has 2 rings (SSSR count). The molecule has 0 spiro atoms. The predicted octanol–water partition coefficient (Wildman–Crippen LogP) is 1.68. The number of rotatable bonds is 2. The Kier molecular flexibility index (Phi) is 3.26. The van der Waals surface area contributed by atoms with E-state index in [9.17, 15) is 0 Å². The SMILES string of the molecule is CC(C)C1(c2cnccn2)C[N]CCS1. The summed E-state index contributed by atoms with van der Waals surface area (Å²) in [6, 6.07) is 0. The van der Waals surface area contributed by atoms with Gasteiger partial charge in [-0.15, -0.1) is 11.8 Å². The Bertz CT molecular complexity index is 307. The first-order valence-corrected chi connectivity index (χ1v) is 6.28. The zero-order valence-corrected chi connectivity index (χ0v) is 10.00. The highest BCUT2D eigenvalue weighted by atomic mass is 32.2. The van der Waals surface area contributed by atoms with Crippen LogP contribution in [0.3, 0.4) is 0 Å². The molecular weight excluding hydrogens is 206 g/mol. The molecule has 1 atom stereocenters. The molecule has 0 bridgehead atoms. The van der Waals surface area contributed by atoms with Crippen LogP contribution in [0.25, 0.3) is 0 Å². The number of thioether (sulfide) groups is 1. The quantitative estimate of drug-likeness (QED) is 0.764. The molecule has 1 saturated heterocycles. The third kappa shape index (κ3) is 2.01. The van der Waals surface area contributed by atoms with Gasteiger partial charge in [0.15, 0.2) is 0 Å². The summed E-state index contributed by atoms with van der Waals surface area (Å²) in [5.41, 5.74) is 1.08. The minimum atomic E-state index is 0.0481. The molecule has 0 saturated carbocycles. The van der Waals surface area contributed by atoms with Gasteiger partial charge in [0.2, 0.25) is 0 Å². The van der Waals surface area contributed by atoms with Gasteiger partial charge in [-0.05, 0) is 5.92 Å². The van der Waals surface area contributed by atoms with E-state index in [4.69, 9.17) is 0 Å². The molecule has 1 aliphatic heterocycles. The number of hydrogen-bond donors (Lipinski definition) is 0. The molecule has 1 fully saturated rings. The summed E-state index contributed by atoms with van der Waals surface area (Å²) in [5, 5.41) is 4.54. The summed E-state index contributed by atoms with van der Waals surface area (Å²) < 4.78 is 0.0481. The molecule has 0 amide bonds. The van der Waals surface area contributed by atoms with Gasteiger partial charge in [-0.2, -0.15) is 0 Å². The summed E-state index contributed by atoms with van der Waals surface area (Å²) in [7, 11) is 0. The van der Waals surface area contributed by atoms with Crippen molar-refractivity contribution in [2.75, 3.05) is 18.8 Å². The van der Waals surface area contributed by atoms with Gasteiger partial charge in [0.05, 0.1) is 10.4 Å². The van der Waals surface area contributed by atoms with Crippen LogP contribution in [-0.2, 0) is 4.75 Å². The van der Waals surface area contributed by atoms with Gasteiger partial charge in [0.25, 0.3) is 0 Å². The van der Waals surface area contributed by atoms with Crippen molar-refractivity contribution in [1.29, 1.82) is 0 Å². The van der Waals surface area contributed by atoms with Crippen molar-refractivity contribution in [3.63, 3.8) is 0 Å². The van der Waals surface area contributed by atoms with Crippen molar-refractivity contribution < 1.29 is 0 Å². The normalized spacial score (nSPS) is 26.9. The van der Waals surface area contributed by atoms with Gasteiger partial charge in [-0.25, -0.2) is 5.32 Å². The summed E-state index contributed by atoms with van der Waals surface area (Å²) in [5.74, 6) is 1.62. The van der Waals surface area contributed by atoms with Crippen LogP contribution in [0.15, 0.2) is 18.6 Å². The van der Waals surface area contributed by atoms with Gasteiger partial charge in [0, 0.05) is 37.4 Å². The van der Waals surface area contributed by atoms with Crippen LogP contribution in [0, 0.1) is 5.92 Å². The van der Waals surface area contributed by atoms with Crippen molar-refractivity contribution in [1.82, 2.24) is 15.3 Å². The van der Waals surface area contributed by atoms with E-state index in [1.807, 2.05) is 18.0 Å². The van der Waals surface area contributed by atoms with Crippen molar-refractivity contribution in [2.24, 2.45) is 5.92 Å². The van der Waals surface area contributed by atoms with E-state index in [1.165, 1.54) is 0 Å². The average molecular weight is 222 g/mol. The summed E-state index contributed by atoms with van der Waals surface area (Å²) in [6.07, 6.45) is 5.38. The molecule has 3 nitrogen and oxygen atoms in total. The van der Waals surface area contributed by atoms with E-state index in [2.05, 4.69) is 29.1 Å². The Morgan fingerprint density at radius 1 is 1.40 bits per heavy atom. The van der Waals surface area contributed by atoms with Crippen LogP contribution < -0.4 is 5.32 Å². The van der Waals surface area contributed by atoms with Crippen LogP contribution >= 0.6 is 11.8 Å². The van der Waals surface area contributed by atoms with E-state index in [1.54, 1.807) is 12.4 Å². The molecular formula is C11H16N3S. The first-order valence-electron chi connectivity index (χ1n) is 5.29. The Balaban J connectivity index is 2.34. The molecule has 0 aromatic carbocycles. The second kappa shape index (κ2) is 4.49. The lowest BCUT2D eigenvalue weighted by atomic mass is 9.91. The lowest BCUT2D eigenvalue weighted by Gasteiger charge is -2.38. The molecule has 1 radical (unpaired) electrons. The predicted molar refractivity (Wildman–Crippen MR) is 62.9 cm³/mol. The fourth-order valence-corrected chi connectivity index (χ4v) is 3.25. The van der Waals surface area contributed by atoms with Crippen molar-refractivity contribution in [3.8, 4) is 0 Å². The highest BCUT2D eigenvalue weighted by Gasteiger charge is 2.39. The average Bonchev–Trinajstić information content (AvgIpc) is 2.31. The Morgan fingerprint density at radius 3 is 2.80 bits per heavy atom. The van der Waals surface area contributed by atoms with E-state index < -0.39 is 0 Å². The van der Waals surface area contributed by atoms with Crippen LogP contribution in [0.5, 0.6) is 0 Å². The first kappa shape index (κ1) is 10.9. The maximum Gasteiger partial charge on any atom is 0.0763 e. The van der Waals surface area contributed by atoms with Gasteiger partial charge in [-0.1, -0.05) is 13.8 Å². The van der Waals surface area contributed by atoms with Crippen molar-refractivity contribution in [2.45, 2.75) is 18.6 Å². The standard InChI is InChI=1S/C11H16N3S/c1-9(2)11(8-13-5-6-15-11)10-7-12-3-4-14-10/h3-4,7,9H,5-6,8H2,1-2H3. The molecule has 0 aliphatic carbocycles. The van der Waals surface area contributed by atoms with Crippen LogP contribution in [0.1, 0.15) is 19.5 Å². The van der Waals surface area contributed by atoms with E-state index in [0.717, 1.165) is 24.5 Å². The monoisotopic (exact) mass is 222 g/mol. The topological polar surface area (TPSA) is 39.9 Å². The fourth-order valence-electron chi connectivity index (χ4n) is 1.90. The summed E-state index contributed by atoms with van der Waals surface area (Å²) in [6.45, 7) is 6.32. The van der Waals surface area contributed by atoms with Gasteiger partial charge >= 0.3 is 0 Å². The highest BCUT2D eigenvalue weighted by molar-refractivity contribution is 8.00. The van der Waals surface area contributed by atoms with Crippen molar-refractivity contribution in [3.05, 3.63) is 24.3 Å². The third-order valence-electron chi connectivity index (χ3n) is 2.89. The maximum absolute atomic E-state index is 4.54. The minimum Gasteiger partial charge on any atom is -0.261 e. The van der Waals surface area contributed by atoms with Crippen LogP contribution in [0.4, 0.5) is 0 Å². The smallest absolute Gasteiger partial charge is 0.0763 e. The number of aromatic nitrogens is 2. The lowest BCUT2D eigenvalue weighted by Crippen LogP contribution is -2.42. The van der Waals surface area contributed by atoms with Gasteiger partial charge in [-0.3, -0.25) is 9.97 Å². The summed E-state index contributed by atoms with van der Waals surface area (Å²) >= 11 is 1.98. The van der Waals surface area contributed by atoms with Crippen LogP contribution in [-0.4, -0.2) is 28.8 Å². The van der Waals surface area contributed by atoms with Gasteiger partial charge < -0.3 is 0 Å². The zero-order chi connectivity index (χ0) is 10.7. The van der Waals surface area contributed by atoms with Gasteiger partial charge in [0.1, 0.15) is 0 Å².